The number of para-hydroxylation sites is 1. The first-order chi connectivity index (χ1) is 11.2. The van der Waals surface area contributed by atoms with Gasteiger partial charge in [0.05, 0.1) is 26.3 Å². The van der Waals surface area contributed by atoms with Gasteiger partial charge in [-0.2, -0.15) is 13.2 Å². The lowest BCUT2D eigenvalue weighted by Gasteiger charge is -2.14. The average molecular weight is 399 g/mol. The smallest absolute Gasteiger partial charge is 0.418 e. The first-order valence-electron chi connectivity index (χ1n) is 6.42. The molecule has 0 aliphatic rings. The van der Waals surface area contributed by atoms with Gasteiger partial charge < -0.3 is 10.1 Å². The summed E-state index contributed by atoms with van der Waals surface area (Å²) in [6.07, 6.45) is -4.59. The fourth-order valence-electron chi connectivity index (χ4n) is 1.78. The Labute approximate surface area is 150 Å². The van der Waals surface area contributed by atoms with Crippen LogP contribution >= 0.6 is 34.8 Å². The number of hydrogen-bond acceptors (Lipinski definition) is 2. The van der Waals surface area contributed by atoms with Gasteiger partial charge in [-0.25, -0.2) is 0 Å². The Morgan fingerprint density at radius 2 is 1.67 bits per heavy atom. The zero-order valence-corrected chi connectivity index (χ0v) is 14.0. The molecule has 128 valence electrons. The van der Waals surface area contributed by atoms with Gasteiger partial charge in [0.1, 0.15) is 5.75 Å². The number of amides is 1. The largest absolute Gasteiger partial charge is 0.482 e. The molecular formula is C15H9Cl3F3NO2. The van der Waals surface area contributed by atoms with E-state index in [2.05, 4.69) is 5.32 Å². The maximum absolute atomic E-state index is 12.9. The van der Waals surface area contributed by atoms with Gasteiger partial charge in [-0.15, -0.1) is 0 Å². The Morgan fingerprint density at radius 1 is 1.04 bits per heavy atom. The van der Waals surface area contributed by atoms with E-state index in [9.17, 15) is 18.0 Å². The summed E-state index contributed by atoms with van der Waals surface area (Å²) in [4.78, 5) is 11.8. The third-order valence-electron chi connectivity index (χ3n) is 2.84. The first-order valence-corrected chi connectivity index (χ1v) is 7.55. The van der Waals surface area contributed by atoms with Crippen molar-refractivity contribution in [2.24, 2.45) is 0 Å². The molecule has 1 amide bonds. The third kappa shape index (κ3) is 4.69. The van der Waals surface area contributed by atoms with Crippen molar-refractivity contribution in [2.45, 2.75) is 6.18 Å². The lowest BCUT2D eigenvalue weighted by atomic mass is 10.1. The molecule has 2 aromatic rings. The van der Waals surface area contributed by atoms with E-state index in [1.165, 1.54) is 24.3 Å². The SMILES string of the molecule is O=C(COc1cc(Cl)c(Cl)cc1Cl)Nc1ccccc1C(F)(F)F. The van der Waals surface area contributed by atoms with Gasteiger partial charge in [-0.3, -0.25) is 4.79 Å². The van der Waals surface area contributed by atoms with Crippen molar-refractivity contribution in [3.8, 4) is 5.75 Å². The van der Waals surface area contributed by atoms with Gasteiger partial charge >= 0.3 is 6.18 Å². The maximum atomic E-state index is 12.9. The predicted octanol–water partition coefficient (Wildman–Crippen LogP) is 5.68. The van der Waals surface area contributed by atoms with Gasteiger partial charge in [-0.05, 0) is 18.2 Å². The number of hydrogen-bond donors (Lipinski definition) is 1. The van der Waals surface area contributed by atoms with Crippen LogP contribution in [0, 0.1) is 0 Å². The average Bonchev–Trinajstić information content (AvgIpc) is 2.49. The normalized spacial score (nSPS) is 11.2. The number of rotatable bonds is 4. The highest BCUT2D eigenvalue weighted by atomic mass is 35.5. The Morgan fingerprint density at radius 3 is 2.33 bits per heavy atom. The third-order valence-corrected chi connectivity index (χ3v) is 3.86. The van der Waals surface area contributed by atoms with Crippen LogP contribution in [0.2, 0.25) is 15.1 Å². The second-order valence-corrected chi connectivity index (χ2v) is 5.80. The topological polar surface area (TPSA) is 38.3 Å². The van der Waals surface area contributed by atoms with Gasteiger partial charge in [0.25, 0.3) is 5.91 Å². The van der Waals surface area contributed by atoms with Crippen molar-refractivity contribution in [3.63, 3.8) is 0 Å². The van der Waals surface area contributed by atoms with E-state index in [1.807, 2.05) is 0 Å². The van der Waals surface area contributed by atoms with Crippen LogP contribution in [0.5, 0.6) is 5.75 Å². The van der Waals surface area contributed by atoms with Crippen molar-refractivity contribution in [2.75, 3.05) is 11.9 Å². The number of anilines is 1. The molecule has 9 heteroatoms. The highest BCUT2D eigenvalue weighted by molar-refractivity contribution is 6.43. The van der Waals surface area contributed by atoms with Crippen molar-refractivity contribution >= 4 is 46.4 Å². The van der Waals surface area contributed by atoms with Gasteiger partial charge in [-0.1, -0.05) is 46.9 Å². The van der Waals surface area contributed by atoms with Crippen LogP contribution < -0.4 is 10.1 Å². The van der Waals surface area contributed by atoms with Crippen LogP contribution in [0.15, 0.2) is 36.4 Å². The second-order valence-electron chi connectivity index (χ2n) is 4.58. The van der Waals surface area contributed by atoms with Crippen LogP contribution in [0.1, 0.15) is 5.56 Å². The fraction of sp³-hybridized carbons (Fsp3) is 0.133. The standard InChI is InChI=1S/C15H9Cl3F3NO2/c16-9-5-11(18)13(6-10(9)17)24-7-14(23)22-12-4-2-1-3-8(12)15(19,20)21/h1-6H,7H2,(H,22,23). The molecule has 0 bridgehead atoms. The van der Waals surface area contributed by atoms with Gasteiger partial charge in [0.2, 0.25) is 0 Å². The summed E-state index contributed by atoms with van der Waals surface area (Å²) in [6.45, 7) is -0.552. The van der Waals surface area contributed by atoms with Crippen LogP contribution in [0.25, 0.3) is 0 Å². The Hall–Kier alpha value is -1.63. The van der Waals surface area contributed by atoms with Crippen molar-refractivity contribution < 1.29 is 22.7 Å². The molecule has 0 fully saturated rings. The molecule has 1 N–H and O–H groups in total. The lowest BCUT2D eigenvalue weighted by Crippen LogP contribution is -2.22. The summed E-state index contributed by atoms with van der Waals surface area (Å²) in [7, 11) is 0. The number of nitrogens with one attached hydrogen (secondary N) is 1. The van der Waals surface area contributed by atoms with E-state index in [-0.39, 0.29) is 26.5 Å². The zero-order valence-electron chi connectivity index (χ0n) is 11.8. The molecule has 3 nitrogen and oxygen atoms in total. The minimum absolute atomic E-state index is 0.0883. The summed E-state index contributed by atoms with van der Waals surface area (Å²) in [5.74, 6) is -0.695. The zero-order chi connectivity index (χ0) is 17.9. The van der Waals surface area contributed by atoms with Crippen LogP contribution in [-0.4, -0.2) is 12.5 Å². The molecule has 24 heavy (non-hydrogen) atoms. The number of ether oxygens (including phenoxy) is 1. The van der Waals surface area contributed by atoms with E-state index in [0.717, 1.165) is 12.1 Å². The monoisotopic (exact) mass is 397 g/mol. The van der Waals surface area contributed by atoms with E-state index in [1.54, 1.807) is 0 Å². The molecule has 0 unspecified atom stereocenters. The molecule has 0 atom stereocenters. The lowest BCUT2D eigenvalue weighted by molar-refractivity contribution is -0.137. The Kier molecular flexibility index (Phi) is 5.85. The second kappa shape index (κ2) is 7.51. The molecule has 2 aromatic carbocycles. The molecule has 0 saturated heterocycles. The minimum Gasteiger partial charge on any atom is -0.482 e. The van der Waals surface area contributed by atoms with Crippen molar-refractivity contribution in [1.82, 2.24) is 0 Å². The summed E-state index contributed by atoms with van der Waals surface area (Å²) < 4.78 is 43.7. The number of benzene rings is 2. The number of alkyl halides is 3. The Bertz CT molecular complexity index is 766. The summed E-state index contributed by atoms with van der Waals surface area (Å²) in [5, 5.41) is 2.64. The van der Waals surface area contributed by atoms with E-state index < -0.39 is 24.3 Å². The first kappa shape index (κ1) is 18.7. The molecule has 0 heterocycles. The molecule has 0 spiro atoms. The van der Waals surface area contributed by atoms with Crippen LogP contribution in [-0.2, 0) is 11.0 Å². The molecule has 0 saturated carbocycles. The summed E-state index contributed by atoms with van der Waals surface area (Å²) >= 11 is 17.4. The number of halogens is 6. The molecule has 0 aliphatic carbocycles. The Balaban J connectivity index is 2.06. The summed E-state index contributed by atoms with van der Waals surface area (Å²) in [5.41, 5.74) is -1.32. The van der Waals surface area contributed by atoms with Gasteiger partial charge in [0.15, 0.2) is 6.61 Å². The quantitative estimate of drug-likeness (QED) is 0.673. The highest BCUT2D eigenvalue weighted by Crippen LogP contribution is 2.35. The minimum atomic E-state index is -4.59. The van der Waals surface area contributed by atoms with Crippen molar-refractivity contribution in [3.05, 3.63) is 57.0 Å². The molecule has 0 radical (unpaired) electrons. The highest BCUT2D eigenvalue weighted by Gasteiger charge is 2.33. The number of carbonyl (C=O) groups excluding carboxylic acids is 1. The van der Waals surface area contributed by atoms with Crippen molar-refractivity contribution in [1.29, 1.82) is 0 Å². The van der Waals surface area contributed by atoms with Crippen LogP contribution in [0.4, 0.5) is 18.9 Å². The van der Waals surface area contributed by atoms with E-state index in [0.29, 0.717) is 0 Å². The summed E-state index contributed by atoms with van der Waals surface area (Å²) in [6, 6.07) is 7.26. The van der Waals surface area contributed by atoms with Gasteiger partial charge in [0, 0.05) is 6.07 Å². The fourth-order valence-corrected chi connectivity index (χ4v) is 2.38. The molecule has 0 aromatic heterocycles. The maximum Gasteiger partial charge on any atom is 0.418 e. The molecular weight excluding hydrogens is 390 g/mol. The van der Waals surface area contributed by atoms with E-state index in [4.69, 9.17) is 39.5 Å². The van der Waals surface area contributed by atoms with Crippen LogP contribution in [0.3, 0.4) is 0 Å². The molecule has 2 rings (SSSR count). The van der Waals surface area contributed by atoms with E-state index >= 15 is 0 Å². The predicted molar refractivity (Wildman–Crippen MR) is 87.0 cm³/mol. The molecule has 0 aliphatic heterocycles. The number of carbonyl (C=O) groups is 1.